The molecule has 0 bridgehead atoms. The molecule has 0 heterocycles. The summed E-state index contributed by atoms with van der Waals surface area (Å²) in [4.78, 5) is 0. The van der Waals surface area contributed by atoms with Crippen LogP contribution in [0.2, 0.25) is 0 Å². The van der Waals surface area contributed by atoms with E-state index in [2.05, 4.69) is 31.2 Å². The van der Waals surface area contributed by atoms with Crippen molar-refractivity contribution in [1.82, 2.24) is 0 Å². The summed E-state index contributed by atoms with van der Waals surface area (Å²) in [7, 11) is 0. The zero-order valence-corrected chi connectivity index (χ0v) is 12.6. The van der Waals surface area contributed by atoms with Gasteiger partial charge in [0.1, 0.15) is 11.5 Å². The first-order chi connectivity index (χ1) is 10.3. The minimum absolute atomic E-state index is 0.0806. The Hall–Kier alpha value is -1.80. The van der Waals surface area contributed by atoms with Crippen LogP contribution in [-0.2, 0) is 12.8 Å². The van der Waals surface area contributed by atoms with E-state index in [1.54, 1.807) is 0 Å². The third kappa shape index (κ3) is 3.27. The van der Waals surface area contributed by atoms with E-state index < -0.39 is 0 Å². The van der Waals surface area contributed by atoms with Crippen LogP contribution in [0.4, 0.5) is 0 Å². The molecular weight excluding hydrogens is 258 g/mol. The fourth-order valence-corrected chi connectivity index (χ4v) is 2.95. The maximum Gasteiger partial charge on any atom is 0.127 e. The van der Waals surface area contributed by atoms with Crippen molar-refractivity contribution in [2.45, 2.75) is 45.1 Å². The smallest absolute Gasteiger partial charge is 0.127 e. The van der Waals surface area contributed by atoms with Gasteiger partial charge >= 0.3 is 0 Å². The molecule has 110 valence electrons. The minimum atomic E-state index is 0.0806. The second kappa shape index (κ2) is 6.31. The zero-order chi connectivity index (χ0) is 14.7. The third-order valence-corrected chi connectivity index (χ3v) is 4.28. The summed E-state index contributed by atoms with van der Waals surface area (Å²) < 4.78 is 6.02. The summed E-state index contributed by atoms with van der Waals surface area (Å²) in [6.45, 7) is 2.10. The second-order valence-electron chi connectivity index (χ2n) is 5.83. The van der Waals surface area contributed by atoms with Crippen LogP contribution in [0, 0.1) is 0 Å². The van der Waals surface area contributed by atoms with Crippen LogP contribution < -0.4 is 10.5 Å². The minimum Gasteiger partial charge on any atom is -0.457 e. The SMILES string of the molecule is CCC(N)c1cccc(Oc2ccc3c(c2)CCCC3)c1. The molecule has 0 saturated heterocycles. The molecular formula is C19H23NO. The molecule has 0 fully saturated rings. The lowest BCUT2D eigenvalue weighted by Crippen LogP contribution is -2.08. The Morgan fingerprint density at radius 3 is 2.57 bits per heavy atom. The summed E-state index contributed by atoms with van der Waals surface area (Å²) in [6, 6.07) is 14.7. The predicted octanol–water partition coefficient (Wildman–Crippen LogP) is 4.77. The largest absolute Gasteiger partial charge is 0.457 e. The van der Waals surface area contributed by atoms with Crippen LogP contribution >= 0.6 is 0 Å². The van der Waals surface area contributed by atoms with Crippen LogP contribution in [0.5, 0.6) is 11.5 Å². The monoisotopic (exact) mass is 281 g/mol. The molecule has 2 heteroatoms. The van der Waals surface area contributed by atoms with Crippen molar-refractivity contribution in [3.63, 3.8) is 0 Å². The average Bonchev–Trinajstić information content (AvgIpc) is 2.54. The number of rotatable bonds is 4. The predicted molar refractivity (Wildman–Crippen MR) is 86.8 cm³/mol. The number of fused-ring (bicyclic) bond motifs is 1. The molecule has 2 aromatic carbocycles. The maximum atomic E-state index is 6.09. The molecule has 1 atom stereocenters. The highest BCUT2D eigenvalue weighted by atomic mass is 16.5. The van der Waals surface area contributed by atoms with Crippen molar-refractivity contribution < 1.29 is 4.74 Å². The highest BCUT2D eigenvalue weighted by molar-refractivity contribution is 5.40. The van der Waals surface area contributed by atoms with Crippen molar-refractivity contribution in [3.8, 4) is 11.5 Å². The first kappa shape index (κ1) is 14.2. The normalized spacial score (nSPS) is 15.3. The van der Waals surface area contributed by atoms with Crippen molar-refractivity contribution in [1.29, 1.82) is 0 Å². The zero-order valence-electron chi connectivity index (χ0n) is 12.6. The standard InChI is InChI=1S/C19H23NO/c1-2-19(20)16-8-5-9-17(13-16)21-18-11-10-14-6-3-4-7-15(14)12-18/h5,8-13,19H,2-4,6-7,20H2,1H3. The van der Waals surface area contributed by atoms with Gasteiger partial charge in [0, 0.05) is 6.04 Å². The molecule has 1 unspecified atom stereocenters. The van der Waals surface area contributed by atoms with Gasteiger partial charge in [-0.2, -0.15) is 0 Å². The molecule has 0 aliphatic heterocycles. The molecule has 0 aromatic heterocycles. The lowest BCUT2D eigenvalue weighted by atomic mass is 9.92. The molecule has 2 aromatic rings. The molecule has 1 aliphatic rings. The Morgan fingerprint density at radius 1 is 1.00 bits per heavy atom. The molecule has 1 aliphatic carbocycles. The lowest BCUT2D eigenvalue weighted by Gasteiger charge is -2.17. The van der Waals surface area contributed by atoms with Crippen LogP contribution in [-0.4, -0.2) is 0 Å². The first-order valence-corrected chi connectivity index (χ1v) is 7.91. The molecule has 0 amide bonds. The Labute approximate surface area is 126 Å². The van der Waals surface area contributed by atoms with Gasteiger partial charge in [-0.15, -0.1) is 0 Å². The highest BCUT2D eigenvalue weighted by Crippen LogP contribution is 2.29. The van der Waals surface area contributed by atoms with Gasteiger partial charge in [0.25, 0.3) is 0 Å². The number of aryl methyl sites for hydroxylation is 2. The van der Waals surface area contributed by atoms with E-state index in [1.165, 1.54) is 36.8 Å². The van der Waals surface area contributed by atoms with E-state index in [9.17, 15) is 0 Å². The van der Waals surface area contributed by atoms with E-state index in [1.807, 2.05) is 18.2 Å². The van der Waals surface area contributed by atoms with Gasteiger partial charge in [0.05, 0.1) is 0 Å². The molecule has 21 heavy (non-hydrogen) atoms. The van der Waals surface area contributed by atoms with Gasteiger partial charge in [0.15, 0.2) is 0 Å². The van der Waals surface area contributed by atoms with E-state index in [0.717, 1.165) is 23.5 Å². The van der Waals surface area contributed by atoms with Gasteiger partial charge in [-0.1, -0.05) is 25.1 Å². The summed E-state index contributed by atoms with van der Waals surface area (Å²) in [5.74, 6) is 1.80. The number of nitrogens with two attached hydrogens (primary N) is 1. The molecule has 0 spiro atoms. The van der Waals surface area contributed by atoms with Crippen LogP contribution in [0.1, 0.15) is 48.9 Å². The first-order valence-electron chi connectivity index (χ1n) is 7.91. The van der Waals surface area contributed by atoms with Crippen molar-refractivity contribution in [2.75, 3.05) is 0 Å². The summed E-state index contributed by atoms with van der Waals surface area (Å²) in [5, 5.41) is 0. The van der Waals surface area contributed by atoms with Crippen LogP contribution in [0.15, 0.2) is 42.5 Å². The lowest BCUT2D eigenvalue weighted by molar-refractivity contribution is 0.479. The number of hydrogen-bond donors (Lipinski definition) is 1. The Bertz CT molecular complexity index is 621. The number of hydrogen-bond acceptors (Lipinski definition) is 2. The highest BCUT2D eigenvalue weighted by Gasteiger charge is 2.11. The van der Waals surface area contributed by atoms with Crippen LogP contribution in [0.25, 0.3) is 0 Å². The Kier molecular flexibility index (Phi) is 4.26. The Morgan fingerprint density at radius 2 is 1.76 bits per heavy atom. The molecule has 2 nitrogen and oxygen atoms in total. The van der Waals surface area contributed by atoms with Crippen molar-refractivity contribution in [3.05, 3.63) is 59.2 Å². The maximum absolute atomic E-state index is 6.09. The molecule has 3 rings (SSSR count). The quantitative estimate of drug-likeness (QED) is 0.876. The summed E-state index contributed by atoms with van der Waals surface area (Å²) in [6.07, 6.45) is 5.91. The third-order valence-electron chi connectivity index (χ3n) is 4.28. The van der Waals surface area contributed by atoms with E-state index in [0.29, 0.717) is 0 Å². The number of ether oxygens (including phenoxy) is 1. The fourth-order valence-electron chi connectivity index (χ4n) is 2.95. The topological polar surface area (TPSA) is 35.2 Å². The van der Waals surface area contributed by atoms with Gasteiger partial charge in [-0.25, -0.2) is 0 Å². The van der Waals surface area contributed by atoms with E-state index in [4.69, 9.17) is 10.5 Å². The Balaban J connectivity index is 1.80. The van der Waals surface area contributed by atoms with Gasteiger partial charge in [0.2, 0.25) is 0 Å². The van der Waals surface area contributed by atoms with Crippen molar-refractivity contribution >= 4 is 0 Å². The van der Waals surface area contributed by atoms with Crippen molar-refractivity contribution in [2.24, 2.45) is 5.73 Å². The average molecular weight is 281 g/mol. The van der Waals surface area contributed by atoms with E-state index in [-0.39, 0.29) is 6.04 Å². The summed E-state index contributed by atoms with van der Waals surface area (Å²) in [5.41, 5.74) is 10.2. The fraction of sp³-hybridized carbons (Fsp3) is 0.368. The van der Waals surface area contributed by atoms with Gasteiger partial charge in [-0.3, -0.25) is 0 Å². The van der Waals surface area contributed by atoms with E-state index >= 15 is 0 Å². The molecule has 2 N–H and O–H groups in total. The molecule has 0 saturated carbocycles. The van der Waals surface area contributed by atoms with Gasteiger partial charge < -0.3 is 10.5 Å². The second-order valence-corrected chi connectivity index (χ2v) is 5.83. The summed E-state index contributed by atoms with van der Waals surface area (Å²) >= 11 is 0. The van der Waals surface area contributed by atoms with Gasteiger partial charge in [-0.05, 0) is 73.1 Å². The molecule has 0 radical (unpaired) electrons. The number of benzene rings is 2. The van der Waals surface area contributed by atoms with Crippen LogP contribution in [0.3, 0.4) is 0 Å².